The first-order valence-electron chi connectivity index (χ1n) is 5.46. The van der Waals surface area contributed by atoms with Crippen molar-refractivity contribution in [2.75, 3.05) is 12.3 Å². The molecule has 0 spiro atoms. The average Bonchev–Trinajstić information content (AvgIpc) is 2.28. The Hall–Kier alpha value is -1.44. The molecular formula is C11H17N3O3S. The Labute approximate surface area is 106 Å². The maximum Gasteiger partial charge on any atom is 0.237 e. The monoisotopic (exact) mass is 271 g/mol. The molecule has 0 aliphatic carbocycles. The number of carbonyl (C=O) groups is 1. The molecule has 0 aliphatic heterocycles. The van der Waals surface area contributed by atoms with Gasteiger partial charge < -0.3 is 11.1 Å². The van der Waals surface area contributed by atoms with Crippen LogP contribution in [0.5, 0.6) is 0 Å². The summed E-state index contributed by atoms with van der Waals surface area (Å²) < 4.78 is 21.3. The zero-order valence-corrected chi connectivity index (χ0v) is 10.7. The van der Waals surface area contributed by atoms with Gasteiger partial charge in [0.25, 0.3) is 0 Å². The number of primary sulfonamides is 1. The molecule has 5 N–H and O–H groups in total. The van der Waals surface area contributed by atoms with E-state index in [9.17, 15) is 13.2 Å². The van der Waals surface area contributed by atoms with Crippen LogP contribution in [0.15, 0.2) is 30.3 Å². The molecule has 0 saturated carbocycles. The highest BCUT2D eigenvalue weighted by Gasteiger charge is 2.14. The van der Waals surface area contributed by atoms with E-state index in [4.69, 9.17) is 10.9 Å². The highest BCUT2D eigenvalue weighted by molar-refractivity contribution is 7.89. The standard InChI is InChI=1S/C11H17N3O3S/c12-10(8-9-4-2-1-3-5-9)11(15)14-6-7-18(13,16)17/h1-5,10H,6-8,12H2,(H,14,15)(H2,13,16,17)/t10-/m1/s1. The number of hydrogen-bond donors (Lipinski definition) is 3. The number of amides is 1. The molecule has 1 aromatic rings. The Morgan fingerprint density at radius 2 is 1.89 bits per heavy atom. The van der Waals surface area contributed by atoms with Gasteiger partial charge in [0.05, 0.1) is 11.8 Å². The predicted octanol–water partition coefficient (Wildman–Crippen LogP) is -1.04. The van der Waals surface area contributed by atoms with Crippen LogP contribution in [0, 0.1) is 0 Å². The molecule has 0 radical (unpaired) electrons. The minimum absolute atomic E-state index is 0.0276. The summed E-state index contributed by atoms with van der Waals surface area (Å²) in [6.45, 7) is -0.0276. The first kappa shape index (κ1) is 14.6. The maximum atomic E-state index is 11.6. The fourth-order valence-corrected chi connectivity index (χ4v) is 1.79. The van der Waals surface area contributed by atoms with Crippen molar-refractivity contribution in [3.8, 4) is 0 Å². The first-order chi connectivity index (χ1) is 8.38. The van der Waals surface area contributed by atoms with Crippen molar-refractivity contribution >= 4 is 15.9 Å². The molecule has 0 bridgehead atoms. The first-order valence-corrected chi connectivity index (χ1v) is 7.18. The fraction of sp³-hybridized carbons (Fsp3) is 0.364. The number of carbonyl (C=O) groups excluding carboxylic acids is 1. The van der Waals surface area contributed by atoms with Crippen molar-refractivity contribution in [2.45, 2.75) is 12.5 Å². The number of nitrogens with one attached hydrogen (secondary N) is 1. The van der Waals surface area contributed by atoms with Gasteiger partial charge in [-0.05, 0) is 12.0 Å². The molecule has 6 nitrogen and oxygen atoms in total. The third kappa shape index (κ3) is 5.76. The third-order valence-electron chi connectivity index (χ3n) is 2.32. The molecule has 0 unspecified atom stereocenters. The van der Waals surface area contributed by atoms with Crippen molar-refractivity contribution < 1.29 is 13.2 Å². The highest BCUT2D eigenvalue weighted by atomic mass is 32.2. The summed E-state index contributed by atoms with van der Waals surface area (Å²) in [4.78, 5) is 11.6. The zero-order valence-electron chi connectivity index (χ0n) is 9.87. The highest BCUT2D eigenvalue weighted by Crippen LogP contribution is 2.01. The Balaban J connectivity index is 2.38. The van der Waals surface area contributed by atoms with E-state index < -0.39 is 16.1 Å². The van der Waals surface area contributed by atoms with Gasteiger partial charge in [0.15, 0.2) is 0 Å². The summed E-state index contributed by atoms with van der Waals surface area (Å²) in [5.41, 5.74) is 6.66. The van der Waals surface area contributed by atoms with Crippen LogP contribution in [0.25, 0.3) is 0 Å². The summed E-state index contributed by atoms with van der Waals surface area (Å²) in [6, 6.07) is 8.64. The number of nitrogens with two attached hydrogens (primary N) is 2. The minimum Gasteiger partial charge on any atom is -0.354 e. The molecule has 18 heavy (non-hydrogen) atoms. The largest absolute Gasteiger partial charge is 0.354 e. The molecule has 7 heteroatoms. The normalized spacial score (nSPS) is 13.0. The molecule has 0 aliphatic rings. The maximum absolute atomic E-state index is 11.6. The van der Waals surface area contributed by atoms with E-state index in [0.29, 0.717) is 6.42 Å². The Kier molecular flexibility index (Phi) is 5.26. The number of sulfonamides is 1. The summed E-state index contributed by atoms with van der Waals surface area (Å²) in [7, 11) is -3.56. The van der Waals surface area contributed by atoms with Crippen LogP contribution >= 0.6 is 0 Å². The molecule has 100 valence electrons. The van der Waals surface area contributed by atoms with Crippen LogP contribution in [-0.2, 0) is 21.2 Å². The van der Waals surface area contributed by atoms with Gasteiger partial charge in [0.2, 0.25) is 15.9 Å². The molecule has 0 heterocycles. The van der Waals surface area contributed by atoms with E-state index in [1.165, 1.54) is 0 Å². The Bertz CT molecular complexity index is 488. The van der Waals surface area contributed by atoms with Crippen LogP contribution in [0.3, 0.4) is 0 Å². The Morgan fingerprint density at radius 1 is 1.28 bits per heavy atom. The van der Waals surface area contributed by atoms with Gasteiger partial charge in [-0.2, -0.15) is 0 Å². The van der Waals surface area contributed by atoms with Gasteiger partial charge in [0.1, 0.15) is 0 Å². The van der Waals surface area contributed by atoms with Crippen molar-refractivity contribution in [3.63, 3.8) is 0 Å². The van der Waals surface area contributed by atoms with Crippen LogP contribution in [0.2, 0.25) is 0 Å². The van der Waals surface area contributed by atoms with Crippen LogP contribution in [0.1, 0.15) is 5.56 Å². The number of rotatable bonds is 6. The average molecular weight is 271 g/mol. The van der Waals surface area contributed by atoms with Crippen molar-refractivity contribution in [1.29, 1.82) is 0 Å². The molecule has 0 aromatic heterocycles. The van der Waals surface area contributed by atoms with Crippen molar-refractivity contribution in [3.05, 3.63) is 35.9 Å². The van der Waals surface area contributed by atoms with Gasteiger partial charge in [0, 0.05) is 6.54 Å². The number of hydrogen-bond acceptors (Lipinski definition) is 4. The molecular weight excluding hydrogens is 254 g/mol. The minimum atomic E-state index is -3.56. The van der Waals surface area contributed by atoms with E-state index >= 15 is 0 Å². The summed E-state index contributed by atoms with van der Waals surface area (Å²) in [5, 5.41) is 7.25. The number of benzene rings is 1. The lowest BCUT2D eigenvalue weighted by Gasteiger charge is -2.11. The quantitative estimate of drug-likeness (QED) is 0.613. The lowest BCUT2D eigenvalue weighted by molar-refractivity contribution is -0.122. The molecule has 1 atom stereocenters. The van der Waals surface area contributed by atoms with Crippen LogP contribution in [-0.4, -0.2) is 32.7 Å². The van der Waals surface area contributed by atoms with Gasteiger partial charge in [-0.15, -0.1) is 0 Å². The lowest BCUT2D eigenvalue weighted by Crippen LogP contribution is -2.43. The topological polar surface area (TPSA) is 115 Å². The van der Waals surface area contributed by atoms with Gasteiger partial charge in [-0.1, -0.05) is 30.3 Å². The van der Waals surface area contributed by atoms with E-state index in [-0.39, 0.29) is 18.2 Å². The van der Waals surface area contributed by atoms with Crippen molar-refractivity contribution in [1.82, 2.24) is 5.32 Å². The SMILES string of the molecule is N[C@H](Cc1ccccc1)C(=O)NCCS(N)(=O)=O. The summed E-state index contributed by atoms with van der Waals surface area (Å²) in [5.74, 6) is -0.681. The van der Waals surface area contributed by atoms with E-state index in [0.717, 1.165) is 5.56 Å². The second-order valence-electron chi connectivity index (χ2n) is 3.95. The van der Waals surface area contributed by atoms with E-state index in [2.05, 4.69) is 5.32 Å². The second-order valence-corrected chi connectivity index (χ2v) is 5.69. The molecule has 1 rings (SSSR count). The molecule has 1 amide bonds. The zero-order chi connectivity index (χ0) is 13.6. The third-order valence-corrected chi connectivity index (χ3v) is 3.09. The predicted molar refractivity (Wildman–Crippen MR) is 69.1 cm³/mol. The Morgan fingerprint density at radius 3 is 2.44 bits per heavy atom. The van der Waals surface area contributed by atoms with Crippen molar-refractivity contribution in [2.24, 2.45) is 10.9 Å². The van der Waals surface area contributed by atoms with Gasteiger partial charge in [-0.3, -0.25) is 4.79 Å². The molecule has 0 saturated heterocycles. The summed E-state index contributed by atoms with van der Waals surface area (Å²) in [6.07, 6.45) is 0.405. The fourth-order valence-electron chi connectivity index (χ4n) is 1.41. The molecule has 0 fully saturated rings. The smallest absolute Gasteiger partial charge is 0.237 e. The van der Waals surface area contributed by atoms with Gasteiger partial charge in [-0.25, -0.2) is 13.6 Å². The second kappa shape index (κ2) is 6.48. The van der Waals surface area contributed by atoms with E-state index in [1.54, 1.807) is 0 Å². The van der Waals surface area contributed by atoms with Gasteiger partial charge >= 0.3 is 0 Å². The van der Waals surface area contributed by atoms with Crippen LogP contribution < -0.4 is 16.2 Å². The lowest BCUT2D eigenvalue weighted by atomic mass is 10.1. The molecule has 1 aromatic carbocycles. The van der Waals surface area contributed by atoms with E-state index in [1.807, 2.05) is 30.3 Å². The summed E-state index contributed by atoms with van der Waals surface area (Å²) >= 11 is 0. The van der Waals surface area contributed by atoms with Crippen LogP contribution in [0.4, 0.5) is 0 Å².